The maximum atomic E-state index is 13.0. The minimum absolute atomic E-state index is 0.0644. The van der Waals surface area contributed by atoms with E-state index in [1.165, 1.54) is 28.6 Å². The number of carbonyl (C=O) groups is 1. The largest absolute Gasteiger partial charge is 0.497 e. The number of carboxylic acids is 1. The van der Waals surface area contributed by atoms with Crippen molar-refractivity contribution in [2.45, 2.75) is 30.2 Å². The molecule has 2 atom stereocenters. The van der Waals surface area contributed by atoms with Crippen LogP contribution in [0.1, 0.15) is 35.2 Å². The first-order valence-electron chi connectivity index (χ1n) is 8.32. The number of methoxy groups -OCH3 is 1. The smallest absolute Gasteiger partial charge is 0.335 e. The Morgan fingerprint density at radius 3 is 2.27 bits per heavy atom. The van der Waals surface area contributed by atoms with Crippen LogP contribution in [0.15, 0.2) is 53.4 Å². The van der Waals surface area contributed by atoms with Crippen molar-refractivity contribution in [3.05, 3.63) is 59.7 Å². The summed E-state index contributed by atoms with van der Waals surface area (Å²) in [4.78, 5) is 11.1. The molecule has 6 nitrogen and oxygen atoms in total. The van der Waals surface area contributed by atoms with Crippen molar-refractivity contribution in [3.8, 4) is 5.75 Å². The Labute approximate surface area is 153 Å². The Balaban J connectivity index is 1.82. The lowest BCUT2D eigenvalue weighted by atomic mass is 9.97. The zero-order chi connectivity index (χ0) is 18.9. The van der Waals surface area contributed by atoms with Gasteiger partial charge in [0.25, 0.3) is 0 Å². The maximum Gasteiger partial charge on any atom is 0.335 e. The van der Waals surface area contributed by atoms with Gasteiger partial charge < -0.3 is 9.84 Å². The van der Waals surface area contributed by atoms with E-state index in [1.807, 2.05) is 31.2 Å². The van der Waals surface area contributed by atoms with E-state index in [2.05, 4.69) is 0 Å². The standard InChI is InChI=1S/C19H21NO5S/c1-13-11-16(14-3-7-17(25-2)8-4-14)12-20(13)26(23,24)18-9-5-15(6-10-18)19(21)22/h3-10,13,16H,11-12H2,1-2H3,(H,21,22). The van der Waals surface area contributed by atoms with Crippen LogP contribution in [-0.4, -0.2) is 43.5 Å². The number of aromatic carboxylic acids is 1. The zero-order valence-corrected chi connectivity index (χ0v) is 15.4. The molecule has 0 amide bonds. The van der Waals surface area contributed by atoms with Crippen molar-refractivity contribution >= 4 is 16.0 Å². The molecule has 7 heteroatoms. The van der Waals surface area contributed by atoms with Crippen LogP contribution in [0.3, 0.4) is 0 Å². The highest BCUT2D eigenvalue weighted by atomic mass is 32.2. The molecule has 1 aliphatic rings. The average Bonchev–Trinajstić information content (AvgIpc) is 3.04. The summed E-state index contributed by atoms with van der Waals surface area (Å²) in [6, 6.07) is 12.9. The van der Waals surface area contributed by atoms with Gasteiger partial charge in [-0.1, -0.05) is 12.1 Å². The van der Waals surface area contributed by atoms with E-state index in [1.54, 1.807) is 7.11 Å². The SMILES string of the molecule is COc1ccc(C2CC(C)N(S(=O)(=O)c3ccc(C(=O)O)cc3)C2)cc1. The highest BCUT2D eigenvalue weighted by Crippen LogP contribution is 2.35. The van der Waals surface area contributed by atoms with E-state index in [0.29, 0.717) is 6.54 Å². The molecular formula is C19H21NO5S. The number of hydrogen-bond acceptors (Lipinski definition) is 4. The second-order valence-electron chi connectivity index (χ2n) is 6.46. The molecule has 1 heterocycles. The van der Waals surface area contributed by atoms with Gasteiger partial charge in [-0.05, 0) is 61.2 Å². The molecule has 1 fully saturated rings. The van der Waals surface area contributed by atoms with Gasteiger partial charge in [0.1, 0.15) is 5.75 Å². The van der Waals surface area contributed by atoms with Crippen molar-refractivity contribution in [1.82, 2.24) is 4.31 Å². The first kappa shape index (κ1) is 18.4. The fourth-order valence-corrected chi connectivity index (χ4v) is 5.05. The number of ether oxygens (including phenoxy) is 1. The molecule has 26 heavy (non-hydrogen) atoms. The lowest BCUT2D eigenvalue weighted by molar-refractivity contribution is 0.0696. The average molecular weight is 375 g/mol. The van der Waals surface area contributed by atoms with Gasteiger partial charge in [0.05, 0.1) is 17.6 Å². The second kappa shape index (κ2) is 7.09. The summed E-state index contributed by atoms with van der Waals surface area (Å²) in [5.41, 5.74) is 1.14. The molecule has 1 aliphatic heterocycles. The summed E-state index contributed by atoms with van der Waals surface area (Å²) < 4.78 is 32.6. The van der Waals surface area contributed by atoms with Gasteiger partial charge in [-0.3, -0.25) is 0 Å². The summed E-state index contributed by atoms with van der Waals surface area (Å²) in [7, 11) is -2.06. The van der Waals surface area contributed by atoms with E-state index in [4.69, 9.17) is 9.84 Å². The minimum atomic E-state index is -3.67. The second-order valence-corrected chi connectivity index (χ2v) is 8.35. The van der Waals surface area contributed by atoms with Gasteiger partial charge in [-0.25, -0.2) is 13.2 Å². The molecule has 0 radical (unpaired) electrons. The van der Waals surface area contributed by atoms with Crippen molar-refractivity contribution < 1.29 is 23.1 Å². The number of hydrogen-bond donors (Lipinski definition) is 1. The molecule has 0 aliphatic carbocycles. The number of sulfonamides is 1. The third kappa shape index (κ3) is 3.45. The van der Waals surface area contributed by atoms with Gasteiger partial charge in [-0.15, -0.1) is 0 Å². The Hall–Kier alpha value is -2.38. The molecule has 0 bridgehead atoms. The fraction of sp³-hybridized carbons (Fsp3) is 0.316. The topological polar surface area (TPSA) is 83.9 Å². The number of rotatable bonds is 5. The minimum Gasteiger partial charge on any atom is -0.497 e. The summed E-state index contributed by atoms with van der Waals surface area (Å²) in [6.07, 6.45) is 0.735. The first-order chi connectivity index (χ1) is 12.3. The normalized spacial score (nSPS) is 20.8. The predicted octanol–water partition coefficient (Wildman–Crippen LogP) is 2.96. The van der Waals surface area contributed by atoms with Crippen molar-refractivity contribution in [1.29, 1.82) is 0 Å². The lowest BCUT2D eigenvalue weighted by Crippen LogP contribution is -2.34. The van der Waals surface area contributed by atoms with Crippen LogP contribution in [0, 0.1) is 0 Å². The highest BCUT2D eigenvalue weighted by Gasteiger charge is 2.38. The third-order valence-electron chi connectivity index (χ3n) is 4.81. The Morgan fingerprint density at radius 2 is 1.73 bits per heavy atom. The monoisotopic (exact) mass is 375 g/mol. The molecule has 138 valence electrons. The molecule has 0 spiro atoms. The first-order valence-corrected chi connectivity index (χ1v) is 9.76. The molecule has 1 saturated heterocycles. The van der Waals surface area contributed by atoms with E-state index >= 15 is 0 Å². The maximum absolute atomic E-state index is 13.0. The summed E-state index contributed by atoms with van der Waals surface area (Å²) in [5.74, 6) is -0.199. The lowest BCUT2D eigenvalue weighted by Gasteiger charge is -2.21. The molecule has 2 aromatic rings. The van der Waals surface area contributed by atoms with E-state index in [0.717, 1.165) is 17.7 Å². The van der Waals surface area contributed by atoms with Crippen LogP contribution in [0.2, 0.25) is 0 Å². The third-order valence-corrected chi connectivity index (χ3v) is 6.81. The fourth-order valence-electron chi connectivity index (χ4n) is 3.36. The Bertz CT molecular complexity index is 891. The quantitative estimate of drug-likeness (QED) is 0.869. The van der Waals surface area contributed by atoms with E-state index < -0.39 is 16.0 Å². The van der Waals surface area contributed by atoms with Gasteiger partial charge >= 0.3 is 5.97 Å². The Morgan fingerprint density at radius 1 is 1.12 bits per heavy atom. The van der Waals surface area contributed by atoms with Crippen molar-refractivity contribution in [2.24, 2.45) is 0 Å². The van der Waals surface area contributed by atoms with Gasteiger partial charge in [0, 0.05) is 12.6 Å². The molecule has 1 N–H and O–H groups in total. The summed E-state index contributed by atoms with van der Waals surface area (Å²) >= 11 is 0. The number of benzene rings is 2. The number of carboxylic acid groups (broad SMARTS) is 1. The van der Waals surface area contributed by atoms with Crippen LogP contribution in [-0.2, 0) is 10.0 Å². The highest BCUT2D eigenvalue weighted by molar-refractivity contribution is 7.89. The zero-order valence-electron chi connectivity index (χ0n) is 14.6. The van der Waals surface area contributed by atoms with E-state index in [9.17, 15) is 13.2 Å². The van der Waals surface area contributed by atoms with Gasteiger partial charge in [0.2, 0.25) is 10.0 Å². The molecule has 2 unspecified atom stereocenters. The molecule has 0 saturated carbocycles. The van der Waals surface area contributed by atoms with Gasteiger partial charge in [0.15, 0.2) is 0 Å². The van der Waals surface area contributed by atoms with Crippen molar-refractivity contribution in [3.63, 3.8) is 0 Å². The summed E-state index contributed by atoms with van der Waals surface area (Å²) in [5, 5.41) is 8.96. The molecule has 2 aromatic carbocycles. The molecule has 0 aromatic heterocycles. The molecular weight excluding hydrogens is 354 g/mol. The van der Waals surface area contributed by atoms with Gasteiger partial charge in [-0.2, -0.15) is 4.31 Å². The van der Waals surface area contributed by atoms with Crippen LogP contribution >= 0.6 is 0 Å². The summed E-state index contributed by atoms with van der Waals surface area (Å²) in [6.45, 7) is 2.29. The number of nitrogens with zero attached hydrogens (tertiary/aromatic N) is 1. The van der Waals surface area contributed by atoms with Crippen molar-refractivity contribution in [2.75, 3.05) is 13.7 Å². The van der Waals surface area contributed by atoms with E-state index in [-0.39, 0.29) is 22.4 Å². The van der Waals surface area contributed by atoms with Crippen LogP contribution in [0.25, 0.3) is 0 Å². The van der Waals surface area contributed by atoms with Crippen LogP contribution < -0.4 is 4.74 Å². The molecule has 3 rings (SSSR count). The van der Waals surface area contributed by atoms with Crippen LogP contribution in [0.4, 0.5) is 0 Å². The van der Waals surface area contributed by atoms with Crippen LogP contribution in [0.5, 0.6) is 5.75 Å². The predicted molar refractivity (Wildman–Crippen MR) is 97.1 cm³/mol. The Kier molecular flexibility index (Phi) is 5.02.